The number of amides is 2. The number of carbonyl (C=O) groups excluding carboxylic acids is 3. The molecule has 0 fully saturated rings. The van der Waals surface area contributed by atoms with Crippen LogP contribution in [-0.2, 0) is 16.1 Å². The highest BCUT2D eigenvalue weighted by Crippen LogP contribution is 2.40. The number of benzene rings is 2. The van der Waals surface area contributed by atoms with Crippen molar-refractivity contribution in [3.63, 3.8) is 0 Å². The maximum Gasteiger partial charge on any atom is 0.337 e. The number of esters is 1. The van der Waals surface area contributed by atoms with Gasteiger partial charge in [0, 0.05) is 10.5 Å². The molecule has 2 aromatic rings. The van der Waals surface area contributed by atoms with E-state index in [0.717, 1.165) is 10.5 Å². The summed E-state index contributed by atoms with van der Waals surface area (Å²) in [6.07, 6.45) is 0. The number of fused-ring (bicyclic) bond motifs is 1. The van der Waals surface area contributed by atoms with Gasteiger partial charge in [-0.2, -0.15) is 0 Å². The number of primary amides is 1. The van der Waals surface area contributed by atoms with Crippen molar-refractivity contribution in [2.45, 2.75) is 23.6 Å². The molecule has 2 N–H and O–H groups in total. The SMILES string of the molecule is COC(=O)c1ccc2c(c1)N(Cc1cccc(C(N)=O)c1)C(=O)C(C)S2. The van der Waals surface area contributed by atoms with E-state index in [-0.39, 0.29) is 17.7 Å². The van der Waals surface area contributed by atoms with Crippen LogP contribution in [0.3, 0.4) is 0 Å². The number of nitrogens with zero attached hydrogens (tertiary/aromatic N) is 1. The Morgan fingerprint density at radius 3 is 2.65 bits per heavy atom. The lowest BCUT2D eigenvalue weighted by atomic mass is 10.1. The Balaban J connectivity index is 2.01. The van der Waals surface area contributed by atoms with Crippen LogP contribution in [0.5, 0.6) is 0 Å². The number of nitrogens with two attached hydrogens (primary N) is 1. The Kier molecular flexibility index (Phi) is 4.99. The maximum absolute atomic E-state index is 12.8. The molecule has 1 aliphatic rings. The van der Waals surface area contributed by atoms with Crippen molar-refractivity contribution in [1.82, 2.24) is 0 Å². The highest BCUT2D eigenvalue weighted by atomic mass is 32.2. The van der Waals surface area contributed by atoms with Gasteiger partial charge in [0.05, 0.1) is 30.2 Å². The molecule has 2 amide bonds. The van der Waals surface area contributed by atoms with Crippen LogP contribution in [0.25, 0.3) is 0 Å². The van der Waals surface area contributed by atoms with Gasteiger partial charge in [0.25, 0.3) is 0 Å². The fraction of sp³-hybridized carbons (Fsp3) is 0.211. The van der Waals surface area contributed by atoms with Gasteiger partial charge in [0.2, 0.25) is 11.8 Å². The van der Waals surface area contributed by atoms with E-state index >= 15 is 0 Å². The average molecular weight is 370 g/mol. The van der Waals surface area contributed by atoms with E-state index in [4.69, 9.17) is 10.5 Å². The monoisotopic (exact) mass is 370 g/mol. The van der Waals surface area contributed by atoms with E-state index in [0.29, 0.717) is 16.8 Å². The minimum absolute atomic E-state index is 0.0611. The van der Waals surface area contributed by atoms with Gasteiger partial charge in [0.15, 0.2) is 0 Å². The van der Waals surface area contributed by atoms with Gasteiger partial charge in [-0.1, -0.05) is 12.1 Å². The highest BCUT2D eigenvalue weighted by molar-refractivity contribution is 8.00. The molecule has 134 valence electrons. The zero-order valence-corrected chi connectivity index (χ0v) is 15.2. The van der Waals surface area contributed by atoms with E-state index < -0.39 is 11.9 Å². The molecule has 26 heavy (non-hydrogen) atoms. The molecule has 1 heterocycles. The summed E-state index contributed by atoms with van der Waals surface area (Å²) in [5.74, 6) is -1.04. The Labute approximate surface area is 155 Å². The number of thioether (sulfide) groups is 1. The number of hydrogen-bond acceptors (Lipinski definition) is 5. The van der Waals surface area contributed by atoms with E-state index in [9.17, 15) is 14.4 Å². The quantitative estimate of drug-likeness (QED) is 0.836. The van der Waals surface area contributed by atoms with Crippen molar-refractivity contribution in [2.24, 2.45) is 5.73 Å². The van der Waals surface area contributed by atoms with Crippen molar-refractivity contribution in [2.75, 3.05) is 12.0 Å². The minimum atomic E-state index is -0.519. The van der Waals surface area contributed by atoms with Crippen LogP contribution in [0.1, 0.15) is 33.2 Å². The van der Waals surface area contributed by atoms with Gasteiger partial charge in [-0.25, -0.2) is 4.79 Å². The molecule has 7 heteroatoms. The zero-order chi connectivity index (χ0) is 18.8. The molecule has 1 unspecified atom stereocenters. The molecule has 0 aliphatic carbocycles. The Hall–Kier alpha value is -2.80. The fourth-order valence-corrected chi connectivity index (χ4v) is 3.87. The number of anilines is 1. The summed E-state index contributed by atoms with van der Waals surface area (Å²) in [7, 11) is 1.32. The van der Waals surface area contributed by atoms with E-state index in [2.05, 4.69) is 0 Å². The van der Waals surface area contributed by atoms with Gasteiger partial charge >= 0.3 is 5.97 Å². The Bertz CT molecular complexity index is 897. The van der Waals surface area contributed by atoms with Gasteiger partial charge < -0.3 is 15.4 Å². The van der Waals surface area contributed by atoms with Gasteiger partial charge in [-0.05, 0) is 42.8 Å². The lowest BCUT2D eigenvalue weighted by molar-refractivity contribution is -0.118. The van der Waals surface area contributed by atoms with E-state index in [1.807, 2.05) is 19.1 Å². The molecule has 0 aromatic heterocycles. The van der Waals surface area contributed by atoms with Crippen LogP contribution in [0.2, 0.25) is 0 Å². The van der Waals surface area contributed by atoms with E-state index in [1.165, 1.54) is 18.9 Å². The van der Waals surface area contributed by atoms with Crippen LogP contribution in [0.4, 0.5) is 5.69 Å². The molecule has 6 nitrogen and oxygen atoms in total. The summed E-state index contributed by atoms with van der Waals surface area (Å²) in [6.45, 7) is 2.12. The third kappa shape index (κ3) is 3.43. The summed E-state index contributed by atoms with van der Waals surface area (Å²) >= 11 is 1.45. The maximum atomic E-state index is 12.8. The normalized spacial score (nSPS) is 16.2. The van der Waals surface area contributed by atoms with Crippen LogP contribution in [0.15, 0.2) is 47.4 Å². The summed E-state index contributed by atoms with van der Waals surface area (Å²) in [5, 5.41) is -0.245. The van der Waals surface area contributed by atoms with Crippen LogP contribution in [0, 0.1) is 0 Å². The Morgan fingerprint density at radius 1 is 1.19 bits per heavy atom. The largest absolute Gasteiger partial charge is 0.465 e. The molecular formula is C19H18N2O4S. The first-order valence-electron chi connectivity index (χ1n) is 8.00. The molecule has 0 bridgehead atoms. The summed E-state index contributed by atoms with van der Waals surface area (Å²) in [5.41, 5.74) is 7.54. The molecule has 3 rings (SSSR count). The smallest absolute Gasteiger partial charge is 0.337 e. The lowest BCUT2D eigenvalue weighted by Crippen LogP contribution is -2.39. The van der Waals surface area contributed by atoms with Gasteiger partial charge in [-0.3, -0.25) is 9.59 Å². The number of methoxy groups -OCH3 is 1. The topological polar surface area (TPSA) is 89.7 Å². The molecule has 0 spiro atoms. The average Bonchev–Trinajstić information content (AvgIpc) is 2.64. The first-order valence-corrected chi connectivity index (χ1v) is 8.88. The molecule has 0 saturated carbocycles. The van der Waals surface area contributed by atoms with Crippen molar-refractivity contribution in [1.29, 1.82) is 0 Å². The fourth-order valence-electron chi connectivity index (χ4n) is 2.82. The van der Waals surface area contributed by atoms with Crippen molar-refractivity contribution in [3.05, 3.63) is 59.2 Å². The standard InChI is InChI=1S/C19H18N2O4S/c1-11-18(23)21(10-12-4-3-5-13(8-12)17(20)22)15-9-14(19(24)25-2)6-7-16(15)26-11/h3-9,11H,10H2,1-2H3,(H2,20,22). The van der Waals surface area contributed by atoms with E-state index in [1.54, 1.807) is 35.2 Å². The molecule has 0 radical (unpaired) electrons. The third-order valence-electron chi connectivity index (χ3n) is 4.14. The lowest BCUT2D eigenvalue weighted by Gasteiger charge is -2.32. The van der Waals surface area contributed by atoms with Crippen LogP contribution >= 0.6 is 11.8 Å². The number of ether oxygens (including phenoxy) is 1. The highest BCUT2D eigenvalue weighted by Gasteiger charge is 2.31. The van der Waals surface area contributed by atoms with Crippen molar-refractivity contribution in [3.8, 4) is 0 Å². The van der Waals surface area contributed by atoms with Gasteiger partial charge in [0.1, 0.15) is 0 Å². The molecule has 0 saturated heterocycles. The van der Waals surface area contributed by atoms with Gasteiger partial charge in [-0.15, -0.1) is 11.8 Å². The first kappa shape index (κ1) is 18.0. The zero-order valence-electron chi connectivity index (χ0n) is 14.4. The summed E-state index contributed by atoms with van der Waals surface area (Å²) in [4.78, 5) is 38.5. The molecule has 1 aliphatic heterocycles. The summed E-state index contributed by atoms with van der Waals surface area (Å²) in [6, 6.07) is 12.0. The molecular weight excluding hydrogens is 352 g/mol. The van der Waals surface area contributed by atoms with Crippen molar-refractivity contribution < 1.29 is 19.1 Å². The molecule has 1 atom stereocenters. The third-order valence-corrected chi connectivity index (χ3v) is 5.29. The number of hydrogen-bond donors (Lipinski definition) is 1. The predicted octanol–water partition coefficient (Wildman–Crippen LogP) is 2.60. The number of rotatable bonds is 4. The first-order chi connectivity index (χ1) is 12.4. The Morgan fingerprint density at radius 2 is 1.96 bits per heavy atom. The van der Waals surface area contributed by atoms with Crippen LogP contribution < -0.4 is 10.6 Å². The molecule has 2 aromatic carbocycles. The van der Waals surface area contributed by atoms with Crippen molar-refractivity contribution >= 4 is 35.2 Å². The second kappa shape index (κ2) is 7.21. The number of carbonyl (C=O) groups is 3. The second-order valence-corrected chi connectivity index (χ2v) is 7.31. The summed E-state index contributed by atoms with van der Waals surface area (Å²) < 4.78 is 4.77. The second-order valence-electron chi connectivity index (χ2n) is 5.92. The predicted molar refractivity (Wildman–Crippen MR) is 99.3 cm³/mol. The minimum Gasteiger partial charge on any atom is -0.465 e. The van der Waals surface area contributed by atoms with Crippen LogP contribution in [-0.4, -0.2) is 30.1 Å².